The van der Waals surface area contributed by atoms with Crippen LogP contribution in [-0.4, -0.2) is 30.8 Å². The zero-order valence-electron chi connectivity index (χ0n) is 11.8. The number of hydrogen-bond acceptors (Lipinski definition) is 3. The van der Waals surface area contributed by atoms with Crippen molar-refractivity contribution in [3.05, 3.63) is 24.3 Å². The lowest BCUT2D eigenvalue weighted by Crippen LogP contribution is -2.25. The van der Waals surface area contributed by atoms with E-state index in [1.165, 1.54) is 0 Å². The van der Waals surface area contributed by atoms with Gasteiger partial charge in [-0.3, -0.25) is 4.79 Å². The minimum atomic E-state index is -0.766. The molecule has 1 N–H and O–H groups in total. The van der Waals surface area contributed by atoms with Crippen molar-refractivity contribution in [2.45, 2.75) is 33.1 Å². The summed E-state index contributed by atoms with van der Waals surface area (Å²) in [4.78, 5) is 12.7. The van der Waals surface area contributed by atoms with Gasteiger partial charge in [0.2, 0.25) is 0 Å². The lowest BCUT2D eigenvalue weighted by atomic mass is 10.2. The van der Waals surface area contributed by atoms with Gasteiger partial charge in [-0.1, -0.05) is 13.3 Å². The Morgan fingerprint density at radius 2 is 1.95 bits per heavy atom. The second-order valence-electron chi connectivity index (χ2n) is 4.42. The number of unbranched alkanes of at least 4 members (excludes halogenated alkanes) is 1. The van der Waals surface area contributed by atoms with E-state index in [0.717, 1.165) is 37.4 Å². The number of nitrogens with zero attached hydrogens (tertiary/aromatic N) is 1. The maximum atomic E-state index is 10.6. The Labute approximate surface area is 115 Å². The van der Waals surface area contributed by atoms with Gasteiger partial charge in [0.1, 0.15) is 5.75 Å². The van der Waals surface area contributed by atoms with Crippen LogP contribution in [0.4, 0.5) is 5.69 Å². The molecule has 0 heterocycles. The van der Waals surface area contributed by atoms with Crippen LogP contribution in [0.2, 0.25) is 0 Å². The summed E-state index contributed by atoms with van der Waals surface area (Å²) in [6.07, 6.45) is 2.33. The second-order valence-corrected chi connectivity index (χ2v) is 4.42. The normalized spacial score (nSPS) is 10.2. The summed E-state index contributed by atoms with van der Waals surface area (Å²) in [6, 6.07) is 7.84. The van der Waals surface area contributed by atoms with E-state index in [4.69, 9.17) is 9.84 Å². The number of hydrogen-bond donors (Lipinski definition) is 1. The van der Waals surface area contributed by atoms with Crippen LogP contribution in [0.25, 0.3) is 0 Å². The largest absolute Gasteiger partial charge is 0.494 e. The SMILES string of the molecule is CCCCOc1ccc(N(CC)CCC(=O)O)cc1. The van der Waals surface area contributed by atoms with Crippen molar-refractivity contribution in [3.8, 4) is 5.75 Å². The van der Waals surface area contributed by atoms with E-state index in [0.29, 0.717) is 6.54 Å². The first kappa shape index (κ1) is 15.3. The second kappa shape index (κ2) is 8.40. The Morgan fingerprint density at radius 3 is 2.47 bits per heavy atom. The maximum Gasteiger partial charge on any atom is 0.305 e. The van der Waals surface area contributed by atoms with Gasteiger partial charge in [0.25, 0.3) is 0 Å². The summed E-state index contributed by atoms with van der Waals surface area (Å²) < 4.78 is 5.60. The molecular weight excluding hydrogens is 242 g/mol. The molecule has 19 heavy (non-hydrogen) atoms. The molecule has 106 valence electrons. The number of carbonyl (C=O) groups is 1. The van der Waals surface area contributed by atoms with Crippen molar-refractivity contribution in [3.63, 3.8) is 0 Å². The molecule has 0 aliphatic rings. The van der Waals surface area contributed by atoms with Crippen LogP contribution in [0.15, 0.2) is 24.3 Å². The van der Waals surface area contributed by atoms with Crippen LogP contribution >= 0.6 is 0 Å². The smallest absolute Gasteiger partial charge is 0.305 e. The topological polar surface area (TPSA) is 49.8 Å². The third-order valence-electron chi connectivity index (χ3n) is 2.95. The van der Waals surface area contributed by atoms with E-state index in [1.54, 1.807) is 0 Å². The number of ether oxygens (including phenoxy) is 1. The van der Waals surface area contributed by atoms with E-state index in [2.05, 4.69) is 6.92 Å². The molecule has 0 aliphatic carbocycles. The third kappa shape index (κ3) is 5.64. The molecule has 0 fully saturated rings. The Morgan fingerprint density at radius 1 is 1.26 bits per heavy atom. The lowest BCUT2D eigenvalue weighted by molar-refractivity contribution is -0.136. The number of benzene rings is 1. The molecule has 0 bridgehead atoms. The van der Waals surface area contributed by atoms with Gasteiger partial charge < -0.3 is 14.7 Å². The van der Waals surface area contributed by atoms with E-state index in [-0.39, 0.29) is 6.42 Å². The first-order chi connectivity index (χ1) is 9.17. The van der Waals surface area contributed by atoms with Crippen LogP contribution < -0.4 is 9.64 Å². The Hall–Kier alpha value is -1.71. The summed E-state index contributed by atoms with van der Waals surface area (Å²) in [5, 5.41) is 8.72. The average Bonchev–Trinajstić information content (AvgIpc) is 2.41. The van der Waals surface area contributed by atoms with Gasteiger partial charge in [0.05, 0.1) is 13.0 Å². The van der Waals surface area contributed by atoms with Gasteiger partial charge in [-0.15, -0.1) is 0 Å². The summed E-state index contributed by atoms with van der Waals surface area (Å²) in [5.41, 5.74) is 1.03. The van der Waals surface area contributed by atoms with E-state index < -0.39 is 5.97 Å². The maximum absolute atomic E-state index is 10.6. The highest BCUT2D eigenvalue weighted by atomic mass is 16.5. The molecule has 0 aliphatic heterocycles. The van der Waals surface area contributed by atoms with Crippen LogP contribution in [0.1, 0.15) is 33.1 Å². The number of carboxylic acid groups (broad SMARTS) is 1. The van der Waals surface area contributed by atoms with Crippen LogP contribution in [-0.2, 0) is 4.79 Å². The standard InChI is InChI=1S/C15H23NO3/c1-3-5-12-19-14-8-6-13(7-9-14)16(4-2)11-10-15(17)18/h6-9H,3-5,10-12H2,1-2H3,(H,17,18). The van der Waals surface area contributed by atoms with Gasteiger partial charge in [0.15, 0.2) is 0 Å². The number of rotatable bonds is 9. The molecule has 4 nitrogen and oxygen atoms in total. The molecular formula is C15H23NO3. The minimum Gasteiger partial charge on any atom is -0.494 e. The number of aliphatic carboxylic acids is 1. The highest BCUT2D eigenvalue weighted by Crippen LogP contribution is 2.19. The van der Waals surface area contributed by atoms with Crippen molar-refractivity contribution < 1.29 is 14.6 Å². The van der Waals surface area contributed by atoms with Crippen molar-refractivity contribution >= 4 is 11.7 Å². The Kier molecular flexibility index (Phi) is 6.79. The Bertz CT molecular complexity index is 375. The van der Waals surface area contributed by atoms with Crippen molar-refractivity contribution in [2.24, 2.45) is 0 Å². The molecule has 1 rings (SSSR count). The molecule has 4 heteroatoms. The van der Waals surface area contributed by atoms with Crippen LogP contribution in [0.3, 0.4) is 0 Å². The fraction of sp³-hybridized carbons (Fsp3) is 0.533. The van der Waals surface area contributed by atoms with E-state index in [1.807, 2.05) is 36.1 Å². The average molecular weight is 265 g/mol. The molecule has 1 aromatic carbocycles. The van der Waals surface area contributed by atoms with E-state index in [9.17, 15) is 4.79 Å². The zero-order valence-corrected chi connectivity index (χ0v) is 11.8. The molecule has 0 saturated heterocycles. The van der Waals surface area contributed by atoms with Crippen molar-refractivity contribution in [2.75, 3.05) is 24.6 Å². The number of carboxylic acids is 1. The predicted octanol–water partition coefficient (Wildman–Crippen LogP) is 3.17. The Balaban J connectivity index is 2.54. The highest BCUT2D eigenvalue weighted by Gasteiger charge is 2.06. The molecule has 1 aromatic rings. The van der Waals surface area contributed by atoms with Gasteiger partial charge in [-0.05, 0) is 37.6 Å². The molecule has 0 unspecified atom stereocenters. The van der Waals surface area contributed by atoms with Gasteiger partial charge in [-0.25, -0.2) is 0 Å². The molecule has 0 saturated carbocycles. The molecule has 0 spiro atoms. The monoisotopic (exact) mass is 265 g/mol. The highest BCUT2D eigenvalue weighted by molar-refractivity contribution is 5.67. The first-order valence-electron chi connectivity index (χ1n) is 6.87. The molecule has 0 radical (unpaired) electrons. The summed E-state index contributed by atoms with van der Waals surface area (Å²) in [7, 11) is 0. The van der Waals surface area contributed by atoms with Crippen LogP contribution in [0, 0.1) is 0 Å². The van der Waals surface area contributed by atoms with E-state index >= 15 is 0 Å². The summed E-state index contributed by atoms with van der Waals surface area (Å²) >= 11 is 0. The van der Waals surface area contributed by atoms with Crippen molar-refractivity contribution in [1.29, 1.82) is 0 Å². The summed E-state index contributed by atoms with van der Waals surface area (Å²) in [6.45, 7) is 6.22. The lowest BCUT2D eigenvalue weighted by Gasteiger charge is -2.22. The first-order valence-corrected chi connectivity index (χ1v) is 6.87. The quantitative estimate of drug-likeness (QED) is 0.697. The number of anilines is 1. The molecule has 0 amide bonds. The van der Waals surface area contributed by atoms with Gasteiger partial charge >= 0.3 is 5.97 Å². The van der Waals surface area contributed by atoms with Gasteiger partial charge in [-0.2, -0.15) is 0 Å². The third-order valence-corrected chi connectivity index (χ3v) is 2.95. The molecule has 0 atom stereocenters. The zero-order chi connectivity index (χ0) is 14.1. The van der Waals surface area contributed by atoms with Gasteiger partial charge in [0, 0.05) is 18.8 Å². The fourth-order valence-corrected chi connectivity index (χ4v) is 1.79. The minimum absolute atomic E-state index is 0.155. The predicted molar refractivity (Wildman–Crippen MR) is 77.0 cm³/mol. The van der Waals surface area contributed by atoms with Crippen LogP contribution in [0.5, 0.6) is 5.75 Å². The molecule has 0 aromatic heterocycles. The van der Waals surface area contributed by atoms with Crippen molar-refractivity contribution in [1.82, 2.24) is 0 Å². The fourth-order valence-electron chi connectivity index (χ4n) is 1.79. The summed E-state index contributed by atoms with van der Waals surface area (Å²) in [5.74, 6) is 0.101.